The first-order chi connectivity index (χ1) is 12.7. The fourth-order valence-corrected chi connectivity index (χ4v) is 3.18. The summed E-state index contributed by atoms with van der Waals surface area (Å²) >= 11 is 0. The Morgan fingerprint density at radius 2 is 2.04 bits per heavy atom. The van der Waals surface area contributed by atoms with E-state index in [1.165, 1.54) is 0 Å². The van der Waals surface area contributed by atoms with Gasteiger partial charge in [-0.1, -0.05) is 6.07 Å². The number of amides is 2. The number of H-pyrrole nitrogens is 1. The van der Waals surface area contributed by atoms with E-state index in [1.807, 2.05) is 35.3 Å². The van der Waals surface area contributed by atoms with Gasteiger partial charge in [0.05, 0.1) is 37.3 Å². The van der Waals surface area contributed by atoms with Gasteiger partial charge in [-0.05, 0) is 30.2 Å². The highest BCUT2D eigenvalue weighted by molar-refractivity contribution is 6.00. The lowest BCUT2D eigenvalue weighted by Gasteiger charge is -2.21. The van der Waals surface area contributed by atoms with E-state index in [0.29, 0.717) is 23.7 Å². The summed E-state index contributed by atoms with van der Waals surface area (Å²) in [6, 6.07) is 9.10. The molecule has 0 spiro atoms. The molecule has 8 heteroatoms. The quantitative estimate of drug-likeness (QED) is 0.671. The highest BCUT2D eigenvalue weighted by atomic mass is 16.5. The Morgan fingerprint density at radius 3 is 2.85 bits per heavy atom. The summed E-state index contributed by atoms with van der Waals surface area (Å²) in [5.74, 6) is 1.31. The van der Waals surface area contributed by atoms with Crippen LogP contribution >= 0.6 is 0 Å². The molecule has 1 aliphatic heterocycles. The van der Waals surface area contributed by atoms with Gasteiger partial charge in [-0.3, -0.25) is 10.1 Å². The summed E-state index contributed by atoms with van der Waals surface area (Å²) in [7, 11) is 3.20. The summed E-state index contributed by atoms with van der Waals surface area (Å²) in [6.45, 7) is 0.676. The fourth-order valence-electron chi connectivity index (χ4n) is 3.18. The van der Waals surface area contributed by atoms with Gasteiger partial charge in [-0.15, -0.1) is 0 Å². The molecule has 2 amide bonds. The molecule has 2 heterocycles. The Morgan fingerprint density at radius 1 is 1.23 bits per heavy atom. The minimum atomic E-state index is -0.318. The molecule has 0 atom stereocenters. The van der Waals surface area contributed by atoms with Gasteiger partial charge >= 0.3 is 6.03 Å². The minimum Gasteiger partial charge on any atom is -0.493 e. The zero-order valence-electron chi connectivity index (χ0n) is 14.5. The van der Waals surface area contributed by atoms with E-state index in [-0.39, 0.29) is 6.03 Å². The van der Waals surface area contributed by atoms with Crippen molar-refractivity contribution in [3.63, 3.8) is 0 Å². The first kappa shape index (κ1) is 16.1. The molecule has 0 bridgehead atoms. The summed E-state index contributed by atoms with van der Waals surface area (Å²) in [5.41, 5.74) is 6.45. The molecule has 0 fully saturated rings. The van der Waals surface area contributed by atoms with E-state index in [2.05, 4.69) is 20.9 Å². The maximum absolute atomic E-state index is 12.5. The minimum absolute atomic E-state index is 0.318. The zero-order chi connectivity index (χ0) is 18.1. The van der Waals surface area contributed by atoms with E-state index in [4.69, 9.17) is 9.47 Å². The molecular formula is C18H19N5O3. The van der Waals surface area contributed by atoms with Gasteiger partial charge in [0, 0.05) is 18.0 Å². The predicted molar refractivity (Wildman–Crippen MR) is 98.8 cm³/mol. The lowest BCUT2D eigenvalue weighted by Crippen LogP contribution is -2.43. The Kier molecular flexibility index (Phi) is 4.00. The monoisotopic (exact) mass is 353 g/mol. The predicted octanol–water partition coefficient (Wildman–Crippen LogP) is 2.68. The number of anilines is 2. The van der Waals surface area contributed by atoms with Crippen LogP contribution < -0.4 is 25.2 Å². The van der Waals surface area contributed by atoms with Crippen molar-refractivity contribution >= 4 is 28.3 Å². The van der Waals surface area contributed by atoms with Crippen molar-refractivity contribution in [2.24, 2.45) is 0 Å². The molecule has 0 aliphatic carbocycles. The van der Waals surface area contributed by atoms with Gasteiger partial charge in [0.25, 0.3) is 0 Å². The number of fused-ring (bicyclic) bond motifs is 2. The van der Waals surface area contributed by atoms with Crippen molar-refractivity contribution in [1.29, 1.82) is 0 Å². The molecule has 1 aliphatic rings. The van der Waals surface area contributed by atoms with Crippen LogP contribution in [0.1, 0.15) is 5.56 Å². The highest BCUT2D eigenvalue weighted by Gasteiger charge is 2.24. The molecule has 8 nitrogen and oxygen atoms in total. The average molecular weight is 353 g/mol. The van der Waals surface area contributed by atoms with Crippen LogP contribution in [0.5, 0.6) is 11.5 Å². The van der Waals surface area contributed by atoms with E-state index in [0.717, 1.165) is 28.6 Å². The maximum atomic E-state index is 12.5. The molecule has 0 radical (unpaired) electrons. The maximum Gasteiger partial charge on any atom is 0.338 e. The second-order valence-corrected chi connectivity index (χ2v) is 5.94. The molecule has 2 aromatic carbocycles. The summed E-state index contributed by atoms with van der Waals surface area (Å²) in [4.78, 5) is 12.5. The number of nitrogens with zero attached hydrogens (tertiary/aromatic N) is 2. The topological polar surface area (TPSA) is 91.5 Å². The molecule has 0 saturated heterocycles. The van der Waals surface area contributed by atoms with E-state index in [9.17, 15) is 4.79 Å². The number of nitrogens with one attached hydrogen (secondary N) is 3. The van der Waals surface area contributed by atoms with Crippen molar-refractivity contribution in [2.75, 3.05) is 31.1 Å². The number of urea groups is 1. The summed E-state index contributed by atoms with van der Waals surface area (Å²) in [6.07, 6.45) is 2.50. The van der Waals surface area contributed by atoms with Crippen LogP contribution in [0.15, 0.2) is 36.5 Å². The van der Waals surface area contributed by atoms with Gasteiger partial charge in [0.1, 0.15) is 0 Å². The van der Waals surface area contributed by atoms with E-state index >= 15 is 0 Å². The SMILES string of the molecule is COc1cc2c(cc1OC)N(NC(=O)Nc1cccc3[nH]ncc13)CC2. The number of methoxy groups -OCH3 is 2. The first-order valence-corrected chi connectivity index (χ1v) is 8.22. The third-order valence-electron chi connectivity index (χ3n) is 4.45. The molecule has 0 saturated carbocycles. The third-order valence-corrected chi connectivity index (χ3v) is 4.45. The molecule has 1 aromatic heterocycles. The molecule has 0 unspecified atom stereocenters. The van der Waals surface area contributed by atoms with Gasteiger partial charge in [0.2, 0.25) is 0 Å². The van der Waals surface area contributed by atoms with Gasteiger partial charge in [0.15, 0.2) is 11.5 Å². The molecule has 4 rings (SSSR count). The fraction of sp³-hybridized carbons (Fsp3) is 0.222. The van der Waals surface area contributed by atoms with Crippen molar-refractivity contribution in [1.82, 2.24) is 15.6 Å². The molecular weight excluding hydrogens is 334 g/mol. The summed E-state index contributed by atoms with van der Waals surface area (Å²) < 4.78 is 10.7. The first-order valence-electron chi connectivity index (χ1n) is 8.22. The number of aromatic nitrogens is 2. The van der Waals surface area contributed by atoms with Crippen molar-refractivity contribution < 1.29 is 14.3 Å². The van der Waals surface area contributed by atoms with Gasteiger partial charge in [-0.2, -0.15) is 5.10 Å². The van der Waals surface area contributed by atoms with Crippen LogP contribution in [-0.4, -0.2) is 37.0 Å². The average Bonchev–Trinajstić information content (AvgIpc) is 3.28. The normalized spacial score (nSPS) is 12.8. The Hall–Kier alpha value is -3.42. The number of carbonyl (C=O) groups excluding carboxylic acids is 1. The van der Waals surface area contributed by atoms with E-state index in [1.54, 1.807) is 20.4 Å². The number of carbonyl (C=O) groups is 1. The number of hydrogen-bond donors (Lipinski definition) is 3. The number of rotatable bonds is 4. The smallest absolute Gasteiger partial charge is 0.338 e. The highest BCUT2D eigenvalue weighted by Crippen LogP contribution is 2.37. The van der Waals surface area contributed by atoms with Gasteiger partial charge < -0.3 is 14.8 Å². The largest absolute Gasteiger partial charge is 0.493 e. The van der Waals surface area contributed by atoms with Crippen molar-refractivity contribution in [2.45, 2.75) is 6.42 Å². The second-order valence-electron chi connectivity index (χ2n) is 5.94. The molecule has 26 heavy (non-hydrogen) atoms. The van der Waals surface area contributed by atoms with E-state index < -0.39 is 0 Å². The lowest BCUT2D eigenvalue weighted by molar-refractivity contribution is 0.251. The lowest BCUT2D eigenvalue weighted by atomic mass is 10.1. The number of hydrazine groups is 1. The summed E-state index contributed by atoms with van der Waals surface area (Å²) in [5, 5.41) is 12.4. The number of ether oxygens (including phenoxy) is 2. The third kappa shape index (κ3) is 2.75. The zero-order valence-corrected chi connectivity index (χ0v) is 14.5. The van der Waals surface area contributed by atoms with Crippen molar-refractivity contribution in [3.8, 4) is 11.5 Å². The van der Waals surface area contributed by atoms with Crippen LogP contribution in [-0.2, 0) is 6.42 Å². The van der Waals surface area contributed by atoms with Crippen LogP contribution in [0.3, 0.4) is 0 Å². The number of benzene rings is 2. The van der Waals surface area contributed by atoms with Gasteiger partial charge in [-0.25, -0.2) is 10.2 Å². The van der Waals surface area contributed by atoms with Crippen LogP contribution in [0, 0.1) is 0 Å². The molecule has 3 aromatic rings. The van der Waals surface area contributed by atoms with Crippen molar-refractivity contribution in [3.05, 3.63) is 42.1 Å². The Labute approximate surface area is 150 Å². The van der Waals surface area contributed by atoms with Crippen LogP contribution in [0.4, 0.5) is 16.2 Å². The number of aromatic amines is 1. The Balaban J connectivity index is 1.52. The van der Waals surface area contributed by atoms with Crippen LogP contribution in [0.2, 0.25) is 0 Å². The number of hydrogen-bond acceptors (Lipinski definition) is 5. The van der Waals surface area contributed by atoms with Crippen LogP contribution in [0.25, 0.3) is 10.9 Å². The Bertz CT molecular complexity index is 969. The second kappa shape index (κ2) is 6.47. The molecule has 134 valence electrons. The standard InChI is InChI=1S/C18H19N5O3/c1-25-16-8-11-6-7-23(15(11)9-17(16)26-2)22-18(24)20-13-4-3-5-14-12(13)10-19-21-14/h3-5,8-10H,6-7H2,1-2H3,(H,19,21)(H2,20,22,24). The molecule has 3 N–H and O–H groups in total.